The Kier molecular flexibility index (Phi) is 4.33. The molecule has 2 aromatic rings. The number of hydrogen-bond donors (Lipinski definition) is 3. The lowest BCUT2D eigenvalue weighted by Crippen LogP contribution is -2.23. The van der Waals surface area contributed by atoms with Gasteiger partial charge >= 0.3 is 0 Å². The first-order chi connectivity index (χ1) is 8.68. The molecule has 0 radical (unpaired) electrons. The second-order valence-electron chi connectivity index (χ2n) is 3.84. The van der Waals surface area contributed by atoms with E-state index in [0.717, 1.165) is 5.56 Å². The molecular weight excluding hydrogens is 262 g/mol. The summed E-state index contributed by atoms with van der Waals surface area (Å²) in [5, 5.41) is 2.86. The van der Waals surface area contributed by atoms with Crippen LogP contribution in [-0.2, 0) is 6.54 Å². The third-order valence-corrected chi connectivity index (χ3v) is 3.59. The van der Waals surface area contributed by atoms with Gasteiger partial charge in [0.25, 0.3) is 5.91 Å². The van der Waals surface area contributed by atoms with Crippen LogP contribution in [0.15, 0.2) is 58.3 Å². The number of carbonyl (C=O) groups is 1. The van der Waals surface area contributed by atoms with Crippen molar-refractivity contribution in [1.29, 1.82) is 0 Å². The Balaban J connectivity index is 2.07. The molecule has 0 heterocycles. The first-order valence-corrected chi connectivity index (χ1v) is 6.41. The predicted octanol–water partition coefficient (Wildman–Crippen LogP) is 3.19. The maximum Gasteiger partial charge on any atom is 0.252 e. The number of carbonyl (C=O) groups excluding carboxylic acids is 1. The summed E-state index contributed by atoms with van der Waals surface area (Å²) in [6.07, 6.45) is 0. The van der Waals surface area contributed by atoms with E-state index < -0.39 is 0 Å². The number of thiol groups is 2. The summed E-state index contributed by atoms with van der Waals surface area (Å²) in [6, 6.07) is 15.1. The van der Waals surface area contributed by atoms with Crippen LogP contribution in [0.5, 0.6) is 0 Å². The number of amides is 1. The molecule has 1 amide bonds. The molecular formula is C14H13NOS2. The molecule has 2 nitrogen and oxygen atoms in total. The molecule has 0 aromatic heterocycles. The highest BCUT2D eigenvalue weighted by atomic mass is 32.1. The first-order valence-electron chi connectivity index (χ1n) is 5.51. The number of rotatable bonds is 3. The van der Waals surface area contributed by atoms with E-state index >= 15 is 0 Å². The zero-order valence-electron chi connectivity index (χ0n) is 9.63. The average molecular weight is 275 g/mol. The summed E-state index contributed by atoms with van der Waals surface area (Å²) in [6.45, 7) is 0.504. The van der Waals surface area contributed by atoms with Crippen LogP contribution in [0.3, 0.4) is 0 Å². The summed E-state index contributed by atoms with van der Waals surface area (Å²) >= 11 is 8.54. The second-order valence-corrected chi connectivity index (χ2v) is 4.77. The molecule has 0 saturated carbocycles. The summed E-state index contributed by atoms with van der Waals surface area (Å²) in [5.41, 5.74) is 1.61. The highest BCUT2D eigenvalue weighted by Gasteiger charge is 2.10. The maximum atomic E-state index is 12.0. The lowest BCUT2D eigenvalue weighted by Gasteiger charge is -2.08. The molecule has 0 spiro atoms. The van der Waals surface area contributed by atoms with Gasteiger partial charge in [-0.05, 0) is 17.7 Å². The van der Waals surface area contributed by atoms with E-state index in [1.165, 1.54) is 0 Å². The van der Waals surface area contributed by atoms with Crippen molar-refractivity contribution in [3.63, 3.8) is 0 Å². The van der Waals surface area contributed by atoms with E-state index in [-0.39, 0.29) is 5.91 Å². The van der Waals surface area contributed by atoms with Gasteiger partial charge in [-0.1, -0.05) is 36.4 Å². The Morgan fingerprint density at radius 2 is 1.72 bits per heavy atom. The van der Waals surface area contributed by atoms with E-state index in [1.54, 1.807) is 18.2 Å². The molecule has 0 saturated heterocycles. The lowest BCUT2D eigenvalue weighted by molar-refractivity contribution is 0.0947. The van der Waals surface area contributed by atoms with Gasteiger partial charge in [-0.2, -0.15) is 0 Å². The lowest BCUT2D eigenvalue weighted by atomic mass is 10.2. The fraction of sp³-hybridized carbons (Fsp3) is 0.0714. The predicted molar refractivity (Wildman–Crippen MR) is 78.6 cm³/mol. The fourth-order valence-electron chi connectivity index (χ4n) is 1.59. The zero-order chi connectivity index (χ0) is 13.0. The molecule has 0 aliphatic carbocycles. The van der Waals surface area contributed by atoms with Crippen molar-refractivity contribution in [3.8, 4) is 0 Å². The van der Waals surface area contributed by atoms with Crippen LogP contribution in [-0.4, -0.2) is 5.91 Å². The zero-order valence-corrected chi connectivity index (χ0v) is 11.4. The van der Waals surface area contributed by atoms with Crippen molar-refractivity contribution >= 4 is 31.2 Å². The molecule has 18 heavy (non-hydrogen) atoms. The Labute approximate surface area is 117 Å². The van der Waals surface area contributed by atoms with Crippen LogP contribution in [0.2, 0.25) is 0 Å². The summed E-state index contributed by atoms with van der Waals surface area (Å²) in [5.74, 6) is -0.139. The maximum absolute atomic E-state index is 12.0. The van der Waals surface area contributed by atoms with Crippen LogP contribution >= 0.6 is 25.3 Å². The third kappa shape index (κ3) is 3.09. The minimum atomic E-state index is -0.139. The Hall–Kier alpha value is -1.39. The first kappa shape index (κ1) is 13.1. The topological polar surface area (TPSA) is 29.1 Å². The van der Waals surface area contributed by atoms with E-state index in [4.69, 9.17) is 0 Å². The molecule has 92 valence electrons. The summed E-state index contributed by atoms with van der Waals surface area (Å²) in [7, 11) is 0. The van der Waals surface area contributed by atoms with Crippen molar-refractivity contribution < 1.29 is 4.79 Å². The molecule has 0 atom stereocenters. The van der Waals surface area contributed by atoms with Gasteiger partial charge in [0.05, 0.1) is 5.56 Å². The molecule has 4 heteroatoms. The molecule has 2 aromatic carbocycles. The van der Waals surface area contributed by atoms with E-state index in [2.05, 4.69) is 30.6 Å². The molecule has 0 aliphatic rings. The summed E-state index contributed by atoms with van der Waals surface area (Å²) in [4.78, 5) is 13.3. The molecule has 0 fully saturated rings. The van der Waals surface area contributed by atoms with Crippen molar-refractivity contribution in [1.82, 2.24) is 5.32 Å². The van der Waals surface area contributed by atoms with Crippen LogP contribution in [0.25, 0.3) is 0 Å². The smallest absolute Gasteiger partial charge is 0.252 e. The average Bonchev–Trinajstić information content (AvgIpc) is 2.40. The fourth-order valence-corrected chi connectivity index (χ4v) is 2.05. The quantitative estimate of drug-likeness (QED) is 0.738. The minimum Gasteiger partial charge on any atom is -0.348 e. The van der Waals surface area contributed by atoms with Crippen molar-refractivity contribution in [2.24, 2.45) is 0 Å². The standard InChI is InChI=1S/C14H13NOS2/c16-14(11-7-4-8-12(17)13(11)18)15-9-10-5-2-1-3-6-10/h1-8,17-18H,9H2,(H,15,16). The largest absolute Gasteiger partial charge is 0.348 e. The van der Waals surface area contributed by atoms with Gasteiger partial charge in [-0.3, -0.25) is 4.79 Å². The normalized spacial score (nSPS) is 10.1. The van der Waals surface area contributed by atoms with Crippen molar-refractivity contribution in [2.75, 3.05) is 0 Å². The minimum absolute atomic E-state index is 0.139. The number of benzene rings is 2. The van der Waals surface area contributed by atoms with Gasteiger partial charge in [0.15, 0.2) is 0 Å². The van der Waals surface area contributed by atoms with Crippen molar-refractivity contribution in [3.05, 3.63) is 59.7 Å². The molecule has 0 unspecified atom stereocenters. The number of nitrogens with one attached hydrogen (secondary N) is 1. The molecule has 0 bridgehead atoms. The van der Waals surface area contributed by atoms with E-state index in [0.29, 0.717) is 21.9 Å². The highest BCUT2D eigenvalue weighted by molar-refractivity contribution is 7.83. The Morgan fingerprint density at radius 1 is 1.00 bits per heavy atom. The van der Waals surface area contributed by atoms with Gasteiger partial charge in [0.1, 0.15) is 0 Å². The third-order valence-electron chi connectivity index (χ3n) is 2.56. The highest BCUT2D eigenvalue weighted by Crippen LogP contribution is 2.22. The van der Waals surface area contributed by atoms with Gasteiger partial charge in [0.2, 0.25) is 0 Å². The van der Waals surface area contributed by atoms with E-state index in [1.807, 2.05) is 30.3 Å². The number of hydrogen-bond acceptors (Lipinski definition) is 3. The van der Waals surface area contributed by atoms with Crippen LogP contribution in [0.4, 0.5) is 0 Å². The Bertz CT molecular complexity index is 555. The van der Waals surface area contributed by atoms with E-state index in [9.17, 15) is 4.79 Å². The van der Waals surface area contributed by atoms with Gasteiger partial charge < -0.3 is 5.32 Å². The molecule has 1 N–H and O–H groups in total. The van der Waals surface area contributed by atoms with Gasteiger partial charge in [-0.15, -0.1) is 25.3 Å². The summed E-state index contributed by atoms with van der Waals surface area (Å²) < 4.78 is 0. The molecule has 0 aliphatic heterocycles. The van der Waals surface area contributed by atoms with Crippen LogP contribution < -0.4 is 5.32 Å². The van der Waals surface area contributed by atoms with Gasteiger partial charge in [-0.25, -0.2) is 0 Å². The monoisotopic (exact) mass is 275 g/mol. The molecule has 2 rings (SSSR count). The Morgan fingerprint density at radius 3 is 2.44 bits per heavy atom. The second kappa shape index (κ2) is 5.98. The van der Waals surface area contributed by atoms with Gasteiger partial charge in [0, 0.05) is 16.3 Å². The SMILES string of the molecule is O=C(NCc1ccccc1)c1cccc(S)c1S. The van der Waals surface area contributed by atoms with Crippen LogP contribution in [0.1, 0.15) is 15.9 Å². The van der Waals surface area contributed by atoms with Crippen LogP contribution in [0, 0.1) is 0 Å². The van der Waals surface area contributed by atoms with Crippen molar-refractivity contribution in [2.45, 2.75) is 16.3 Å².